The zero-order valence-corrected chi connectivity index (χ0v) is 10.1. The number of nitrogens with one attached hydrogen (secondary N) is 1. The highest BCUT2D eigenvalue weighted by atomic mass is 16.6. The molecule has 92 valence electrons. The standard InChI is InChI=1S/C12H22N2O2/c1-3-5-8-13-11-6-9-14(10-7-11)12(15)16-4-2/h3,11,13H,1,4-10H2,2H3. The normalized spacial score (nSPS) is 17.2. The molecule has 0 saturated carbocycles. The molecule has 1 fully saturated rings. The van der Waals surface area contributed by atoms with Gasteiger partial charge in [-0.25, -0.2) is 4.79 Å². The summed E-state index contributed by atoms with van der Waals surface area (Å²) in [7, 11) is 0. The predicted molar refractivity (Wildman–Crippen MR) is 64.4 cm³/mol. The second-order valence-corrected chi connectivity index (χ2v) is 3.99. The van der Waals surface area contributed by atoms with Gasteiger partial charge in [-0.2, -0.15) is 0 Å². The highest BCUT2D eigenvalue weighted by Gasteiger charge is 2.22. The van der Waals surface area contributed by atoms with Gasteiger partial charge < -0.3 is 15.0 Å². The van der Waals surface area contributed by atoms with E-state index in [2.05, 4.69) is 11.9 Å². The number of hydrogen-bond donors (Lipinski definition) is 1. The molecular weight excluding hydrogens is 204 g/mol. The molecule has 0 aliphatic carbocycles. The summed E-state index contributed by atoms with van der Waals surface area (Å²) in [6, 6.07) is 0.533. The number of nitrogens with zero attached hydrogens (tertiary/aromatic N) is 1. The van der Waals surface area contributed by atoms with E-state index in [4.69, 9.17) is 4.74 Å². The van der Waals surface area contributed by atoms with E-state index in [1.165, 1.54) is 0 Å². The van der Waals surface area contributed by atoms with Crippen molar-refractivity contribution in [3.05, 3.63) is 12.7 Å². The number of carbonyl (C=O) groups excluding carboxylic acids is 1. The molecule has 1 rings (SSSR count). The lowest BCUT2D eigenvalue weighted by Crippen LogP contribution is -2.45. The van der Waals surface area contributed by atoms with E-state index in [1.54, 1.807) is 4.90 Å². The summed E-state index contributed by atoms with van der Waals surface area (Å²) in [6.07, 6.45) is 4.76. The van der Waals surface area contributed by atoms with Crippen LogP contribution in [0.5, 0.6) is 0 Å². The number of likely N-dealkylation sites (tertiary alicyclic amines) is 1. The molecule has 0 radical (unpaired) electrons. The van der Waals surface area contributed by atoms with Gasteiger partial charge in [0, 0.05) is 19.1 Å². The Morgan fingerprint density at radius 2 is 2.25 bits per heavy atom. The highest BCUT2D eigenvalue weighted by molar-refractivity contribution is 5.67. The maximum absolute atomic E-state index is 11.4. The van der Waals surface area contributed by atoms with Crippen LogP contribution in [0.4, 0.5) is 4.79 Å². The van der Waals surface area contributed by atoms with Crippen LogP contribution in [-0.2, 0) is 4.74 Å². The molecule has 1 aliphatic heterocycles. The fourth-order valence-corrected chi connectivity index (χ4v) is 1.87. The summed E-state index contributed by atoms with van der Waals surface area (Å²) in [5.41, 5.74) is 0. The summed E-state index contributed by atoms with van der Waals surface area (Å²) in [5, 5.41) is 3.46. The van der Waals surface area contributed by atoms with Crippen LogP contribution in [0, 0.1) is 0 Å². The lowest BCUT2D eigenvalue weighted by atomic mass is 10.1. The largest absolute Gasteiger partial charge is 0.450 e. The van der Waals surface area contributed by atoms with Crippen molar-refractivity contribution in [2.75, 3.05) is 26.2 Å². The molecule has 0 aromatic carbocycles. The highest BCUT2D eigenvalue weighted by Crippen LogP contribution is 2.11. The Labute approximate surface area is 97.6 Å². The molecule has 0 unspecified atom stereocenters. The van der Waals surface area contributed by atoms with Crippen LogP contribution < -0.4 is 5.32 Å². The van der Waals surface area contributed by atoms with Crippen molar-refractivity contribution in [2.45, 2.75) is 32.2 Å². The third-order valence-electron chi connectivity index (χ3n) is 2.80. The van der Waals surface area contributed by atoms with Crippen LogP contribution in [-0.4, -0.2) is 43.3 Å². The van der Waals surface area contributed by atoms with Crippen molar-refractivity contribution in [2.24, 2.45) is 0 Å². The smallest absolute Gasteiger partial charge is 0.409 e. The summed E-state index contributed by atoms with van der Waals surface area (Å²) in [4.78, 5) is 13.2. The Morgan fingerprint density at radius 3 is 2.81 bits per heavy atom. The average Bonchev–Trinajstić information content (AvgIpc) is 2.30. The van der Waals surface area contributed by atoms with E-state index < -0.39 is 0 Å². The summed E-state index contributed by atoms with van der Waals surface area (Å²) >= 11 is 0. The minimum Gasteiger partial charge on any atom is -0.450 e. The maximum atomic E-state index is 11.4. The van der Waals surface area contributed by atoms with Crippen molar-refractivity contribution < 1.29 is 9.53 Å². The van der Waals surface area contributed by atoms with Gasteiger partial charge >= 0.3 is 6.09 Å². The average molecular weight is 226 g/mol. The van der Waals surface area contributed by atoms with Gasteiger partial charge in [-0.1, -0.05) is 6.08 Å². The third-order valence-corrected chi connectivity index (χ3v) is 2.80. The molecule has 0 spiro atoms. The molecule has 0 aromatic heterocycles. The van der Waals surface area contributed by atoms with Gasteiger partial charge in [-0.15, -0.1) is 6.58 Å². The Bertz CT molecular complexity index is 223. The SMILES string of the molecule is C=CCCNC1CCN(C(=O)OCC)CC1. The quantitative estimate of drug-likeness (QED) is 0.574. The molecule has 4 heteroatoms. The van der Waals surface area contributed by atoms with Crippen LogP contribution in [0.25, 0.3) is 0 Å². The van der Waals surface area contributed by atoms with E-state index in [-0.39, 0.29) is 6.09 Å². The number of amides is 1. The molecule has 4 nitrogen and oxygen atoms in total. The van der Waals surface area contributed by atoms with Crippen LogP contribution in [0.15, 0.2) is 12.7 Å². The first-order valence-electron chi connectivity index (χ1n) is 6.04. The molecule has 1 amide bonds. The van der Waals surface area contributed by atoms with Crippen LogP contribution in [0.1, 0.15) is 26.2 Å². The number of piperidine rings is 1. The topological polar surface area (TPSA) is 41.6 Å². The van der Waals surface area contributed by atoms with Crippen LogP contribution >= 0.6 is 0 Å². The summed E-state index contributed by atoms with van der Waals surface area (Å²) < 4.78 is 4.97. The Hall–Kier alpha value is -1.03. The molecule has 0 bridgehead atoms. The van der Waals surface area contributed by atoms with Gasteiger partial charge in [0.25, 0.3) is 0 Å². The van der Waals surface area contributed by atoms with Crippen LogP contribution in [0.2, 0.25) is 0 Å². The first-order chi connectivity index (χ1) is 7.77. The molecular formula is C12H22N2O2. The van der Waals surface area contributed by atoms with E-state index >= 15 is 0 Å². The van der Waals surface area contributed by atoms with Gasteiger partial charge in [0.1, 0.15) is 0 Å². The maximum Gasteiger partial charge on any atom is 0.409 e. The van der Waals surface area contributed by atoms with Crippen molar-refractivity contribution in [3.63, 3.8) is 0 Å². The Morgan fingerprint density at radius 1 is 1.56 bits per heavy atom. The van der Waals surface area contributed by atoms with Gasteiger partial charge in [-0.3, -0.25) is 0 Å². The van der Waals surface area contributed by atoms with Crippen molar-refractivity contribution in [1.29, 1.82) is 0 Å². The number of ether oxygens (including phenoxy) is 1. The van der Waals surface area contributed by atoms with E-state index in [0.717, 1.165) is 38.9 Å². The molecule has 0 atom stereocenters. The minimum atomic E-state index is -0.174. The Kier molecular flexibility index (Phi) is 5.93. The number of rotatable bonds is 5. The monoisotopic (exact) mass is 226 g/mol. The zero-order valence-electron chi connectivity index (χ0n) is 10.1. The number of hydrogen-bond acceptors (Lipinski definition) is 3. The van der Waals surface area contributed by atoms with E-state index in [0.29, 0.717) is 12.6 Å². The fraction of sp³-hybridized carbons (Fsp3) is 0.750. The second kappa shape index (κ2) is 7.28. The second-order valence-electron chi connectivity index (χ2n) is 3.99. The molecule has 16 heavy (non-hydrogen) atoms. The summed E-state index contributed by atoms with van der Waals surface area (Å²) in [6.45, 7) is 8.55. The van der Waals surface area contributed by atoms with Gasteiger partial charge in [0.2, 0.25) is 0 Å². The van der Waals surface area contributed by atoms with E-state index in [1.807, 2.05) is 13.0 Å². The first-order valence-corrected chi connectivity index (χ1v) is 6.04. The predicted octanol–water partition coefficient (Wildman–Crippen LogP) is 1.77. The molecule has 1 aliphatic rings. The minimum absolute atomic E-state index is 0.174. The van der Waals surface area contributed by atoms with Gasteiger partial charge in [0.15, 0.2) is 0 Å². The number of carbonyl (C=O) groups is 1. The molecule has 1 N–H and O–H groups in total. The lowest BCUT2D eigenvalue weighted by Gasteiger charge is -2.31. The first kappa shape index (κ1) is 13.0. The molecule has 0 aromatic rings. The Balaban J connectivity index is 2.17. The third kappa shape index (κ3) is 4.23. The van der Waals surface area contributed by atoms with E-state index in [9.17, 15) is 4.79 Å². The van der Waals surface area contributed by atoms with Crippen molar-refractivity contribution in [1.82, 2.24) is 10.2 Å². The zero-order chi connectivity index (χ0) is 11.8. The van der Waals surface area contributed by atoms with Crippen LogP contribution in [0.3, 0.4) is 0 Å². The summed E-state index contributed by atoms with van der Waals surface area (Å²) in [5.74, 6) is 0. The van der Waals surface area contributed by atoms with Crippen molar-refractivity contribution in [3.8, 4) is 0 Å². The van der Waals surface area contributed by atoms with Gasteiger partial charge in [-0.05, 0) is 32.7 Å². The van der Waals surface area contributed by atoms with Crippen molar-refractivity contribution >= 4 is 6.09 Å². The molecule has 1 heterocycles. The fourth-order valence-electron chi connectivity index (χ4n) is 1.87. The van der Waals surface area contributed by atoms with Gasteiger partial charge in [0.05, 0.1) is 6.61 Å². The lowest BCUT2D eigenvalue weighted by molar-refractivity contribution is 0.0952. The molecule has 1 saturated heterocycles.